The van der Waals surface area contributed by atoms with Crippen molar-refractivity contribution in [2.45, 2.75) is 12.8 Å². The Bertz CT molecular complexity index is 351. The van der Waals surface area contributed by atoms with Gasteiger partial charge in [-0.1, -0.05) is 11.6 Å². The average Bonchev–Trinajstić information content (AvgIpc) is 2.58. The van der Waals surface area contributed by atoms with E-state index in [2.05, 4.69) is 11.9 Å². The van der Waals surface area contributed by atoms with Gasteiger partial charge in [-0.15, -0.1) is 0 Å². The highest BCUT2D eigenvalue weighted by atomic mass is 35.5. The molecule has 2 nitrogen and oxygen atoms in total. The molecule has 1 unspecified atom stereocenters. The molecule has 1 aromatic carbocycles. The predicted molar refractivity (Wildman–Crippen MR) is 65.2 cm³/mol. The summed E-state index contributed by atoms with van der Waals surface area (Å²) in [4.78, 5) is 2.37. The molecule has 1 fully saturated rings. The Hall–Kier alpha value is -0.730. The molecule has 1 aromatic rings. The molecule has 1 aliphatic heterocycles. The predicted octanol–water partition coefficient (Wildman–Crippen LogP) is 2.42. The van der Waals surface area contributed by atoms with Gasteiger partial charge in [0.1, 0.15) is 0 Å². The maximum Gasteiger partial charge on any atom is 0.0410 e. The third-order valence-electron chi connectivity index (χ3n) is 3.10. The number of hydrogen-bond donors (Lipinski definition) is 1. The van der Waals surface area contributed by atoms with Crippen molar-refractivity contribution in [3.8, 4) is 0 Å². The Labute approximate surface area is 96.0 Å². The van der Waals surface area contributed by atoms with Gasteiger partial charge >= 0.3 is 0 Å². The van der Waals surface area contributed by atoms with E-state index >= 15 is 0 Å². The molecule has 15 heavy (non-hydrogen) atoms. The molecule has 3 heteroatoms. The van der Waals surface area contributed by atoms with Crippen LogP contribution in [0.3, 0.4) is 0 Å². The molecule has 1 saturated heterocycles. The second-order valence-corrected chi connectivity index (χ2v) is 4.90. The summed E-state index contributed by atoms with van der Waals surface area (Å²) in [5.74, 6) is 0.732. The quantitative estimate of drug-likeness (QED) is 0.782. The van der Waals surface area contributed by atoms with Crippen molar-refractivity contribution in [2.75, 3.05) is 25.9 Å². The molecule has 1 heterocycles. The Balaban J connectivity index is 2.07. The number of rotatable bonds is 2. The number of nitrogen functional groups attached to an aromatic ring is 1. The zero-order valence-corrected chi connectivity index (χ0v) is 9.80. The first-order valence-corrected chi connectivity index (χ1v) is 5.75. The lowest BCUT2D eigenvalue weighted by Crippen LogP contribution is -2.15. The van der Waals surface area contributed by atoms with E-state index in [4.69, 9.17) is 17.3 Å². The SMILES string of the molecule is CN1CCC(Cc2cc(Cl)ccc2N)C1. The second-order valence-electron chi connectivity index (χ2n) is 4.46. The maximum absolute atomic E-state index is 5.96. The van der Waals surface area contributed by atoms with E-state index in [1.54, 1.807) is 0 Å². The first kappa shape index (κ1) is 10.8. The Morgan fingerprint density at radius 2 is 2.33 bits per heavy atom. The fourth-order valence-electron chi connectivity index (χ4n) is 2.26. The first-order valence-electron chi connectivity index (χ1n) is 5.37. The maximum atomic E-state index is 5.96. The van der Waals surface area contributed by atoms with Gasteiger partial charge in [-0.3, -0.25) is 0 Å². The van der Waals surface area contributed by atoms with Crippen molar-refractivity contribution in [1.82, 2.24) is 4.90 Å². The number of nitrogens with two attached hydrogens (primary N) is 1. The molecule has 1 atom stereocenters. The van der Waals surface area contributed by atoms with Gasteiger partial charge in [0.25, 0.3) is 0 Å². The molecule has 2 N–H and O–H groups in total. The summed E-state index contributed by atoms with van der Waals surface area (Å²) in [7, 11) is 2.17. The van der Waals surface area contributed by atoms with Gasteiger partial charge in [0.2, 0.25) is 0 Å². The summed E-state index contributed by atoms with van der Waals surface area (Å²) in [6, 6.07) is 5.74. The lowest BCUT2D eigenvalue weighted by atomic mass is 9.97. The van der Waals surface area contributed by atoms with Crippen LogP contribution < -0.4 is 5.73 Å². The zero-order chi connectivity index (χ0) is 10.8. The van der Waals surface area contributed by atoms with Crippen LogP contribution in [0.15, 0.2) is 18.2 Å². The van der Waals surface area contributed by atoms with Gasteiger partial charge in [-0.25, -0.2) is 0 Å². The monoisotopic (exact) mass is 224 g/mol. The van der Waals surface area contributed by atoms with E-state index in [1.807, 2.05) is 18.2 Å². The fourth-order valence-corrected chi connectivity index (χ4v) is 2.45. The van der Waals surface area contributed by atoms with Crippen LogP contribution in [0.4, 0.5) is 5.69 Å². The van der Waals surface area contributed by atoms with E-state index in [0.29, 0.717) is 0 Å². The molecule has 0 aliphatic carbocycles. The highest BCUT2D eigenvalue weighted by Crippen LogP contribution is 2.25. The van der Waals surface area contributed by atoms with Gasteiger partial charge in [0, 0.05) is 17.3 Å². The smallest absolute Gasteiger partial charge is 0.0410 e. The highest BCUT2D eigenvalue weighted by molar-refractivity contribution is 6.30. The van der Waals surface area contributed by atoms with Crippen LogP contribution in [-0.2, 0) is 6.42 Å². The summed E-state index contributed by atoms with van der Waals surface area (Å²) >= 11 is 5.96. The third-order valence-corrected chi connectivity index (χ3v) is 3.34. The molecular weight excluding hydrogens is 208 g/mol. The van der Waals surface area contributed by atoms with Crippen molar-refractivity contribution >= 4 is 17.3 Å². The van der Waals surface area contributed by atoms with E-state index < -0.39 is 0 Å². The van der Waals surface area contributed by atoms with Crippen LogP contribution in [-0.4, -0.2) is 25.0 Å². The minimum Gasteiger partial charge on any atom is -0.399 e. The molecule has 2 rings (SSSR count). The molecule has 0 spiro atoms. The summed E-state index contributed by atoms with van der Waals surface area (Å²) in [6.07, 6.45) is 2.32. The number of halogens is 1. The summed E-state index contributed by atoms with van der Waals surface area (Å²) in [6.45, 7) is 2.37. The van der Waals surface area contributed by atoms with Gasteiger partial charge in [0.05, 0.1) is 0 Å². The van der Waals surface area contributed by atoms with Crippen molar-refractivity contribution in [3.63, 3.8) is 0 Å². The molecule has 0 radical (unpaired) electrons. The second kappa shape index (κ2) is 4.42. The number of nitrogens with zero attached hydrogens (tertiary/aromatic N) is 1. The lowest BCUT2D eigenvalue weighted by Gasteiger charge is -2.12. The van der Waals surface area contributed by atoms with E-state index in [-0.39, 0.29) is 0 Å². The van der Waals surface area contributed by atoms with Crippen LogP contribution in [0.5, 0.6) is 0 Å². The van der Waals surface area contributed by atoms with E-state index in [1.165, 1.54) is 25.1 Å². The summed E-state index contributed by atoms with van der Waals surface area (Å²) < 4.78 is 0. The average molecular weight is 225 g/mol. The van der Waals surface area contributed by atoms with Crippen LogP contribution in [0, 0.1) is 5.92 Å². The first-order chi connectivity index (χ1) is 7.15. The Kier molecular flexibility index (Phi) is 3.17. The van der Waals surface area contributed by atoms with Crippen molar-refractivity contribution in [2.24, 2.45) is 5.92 Å². The number of anilines is 1. The van der Waals surface area contributed by atoms with Crippen LogP contribution in [0.2, 0.25) is 5.02 Å². The molecule has 82 valence electrons. The molecule has 1 aliphatic rings. The molecular formula is C12H17ClN2. The third kappa shape index (κ3) is 2.64. The van der Waals surface area contributed by atoms with E-state index in [9.17, 15) is 0 Å². The Morgan fingerprint density at radius 1 is 1.53 bits per heavy atom. The lowest BCUT2D eigenvalue weighted by molar-refractivity contribution is 0.394. The standard InChI is InChI=1S/C12H17ClN2/c1-15-5-4-9(8-15)6-10-7-11(13)2-3-12(10)14/h2-3,7,9H,4-6,8,14H2,1H3. The van der Waals surface area contributed by atoms with Gasteiger partial charge < -0.3 is 10.6 Å². The summed E-state index contributed by atoms with van der Waals surface area (Å²) in [5.41, 5.74) is 8.00. The summed E-state index contributed by atoms with van der Waals surface area (Å²) in [5, 5.41) is 0.783. The van der Waals surface area contributed by atoms with Gasteiger partial charge in [-0.05, 0) is 56.1 Å². The van der Waals surface area contributed by atoms with Gasteiger partial charge in [-0.2, -0.15) is 0 Å². The van der Waals surface area contributed by atoms with Crippen molar-refractivity contribution < 1.29 is 0 Å². The van der Waals surface area contributed by atoms with Crippen LogP contribution >= 0.6 is 11.6 Å². The molecule has 0 aromatic heterocycles. The molecule has 0 bridgehead atoms. The minimum absolute atomic E-state index is 0.732. The molecule has 0 saturated carbocycles. The van der Waals surface area contributed by atoms with Crippen LogP contribution in [0.25, 0.3) is 0 Å². The van der Waals surface area contributed by atoms with E-state index in [0.717, 1.165) is 23.0 Å². The molecule has 0 amide bonds. The Morgan fingerprint density at radius 3 is 3.00 bits per heavy atom. The van der Waals surface area contributed by atoms with Crippen LogP contribution in [0.1, 0.15) is 12.0 Å². The van der Waals surface area contributed by atoms with Crippen molar-refractivity contribution in [1.29, 1.82) is 0 Å². The van der Waals surface area contributed by atoms with Crippen molar-refractivity contribution in [3.05, 3.63) is 28.8 Å². The number of benzene rings is 1. The number of likely N-dealkylation sites (tertiary alicyclic amines) is 1. The fraction of sp³-hybridized carbons (Fsp3) is 0.500. The number of hydrogen-bond acceptors (Lipinski definition) is 2. The minimum atomic E-state index is 0.732. The van der Waals surface area contributed by atoms with Gasteiger partial charge in [0.15, 0.2) is 0 Å². The highest BCUT2D eigenvalue weighted by Gasteiger charge is 2.20. The zero-order valence-electron chi connectivity index (χ0n) is 9.04. The normalized spacial score (nSPS) is 22.1. The topological polar surface area (TPSA) is 29.3 Å². The largest absolute Gasteiger partial charge is 0.399 e.